The third kappa shape index (κ3) is 4.12. The number of hydrogen-bond donors (Lipinski definition) is 2. The molecule has 5 aromatic heterocycles. The average Bonchev–Trinajstić information content (AvgIpc) is 3.86. The van der Waals surface area contributed by atoms with Crippen molar-refractivity contribution in [1.29, 1.82) is 5.26 Å². The highest BCUT2D eigenvalue weighted by Gasteiger charge is 2.49. The van der Waals surface area contributed by atoms with Crippen LogP contribution in [-0.2, 0) is 24.9 Å². The molecule has 5 aromatic rings. The summed E-state index contributed by atoms with van der Waals surface area (Å²) in [7, 11) is 2.17. The SMILES string of the molecule is Cc1cn(-c2nc(-c3noc4c3CCCC43CCCc4sc(N)c(C#N)c43)nc3c2cnn3C(C)C2CCCN2C)nc1CO. The number of aliphatic hydroxyl groups excluding tert-OH is 1. The van der Waals surface area contributed by atoms with Crippen molar-refractivity contribution in [3.63, 3.8) is 0 Å². The Morgan fingerprint density at radius 2 is 2.07 bits per heavy atom. The second-order valence-corrected chi connectivity index (χ2v) is 14.0. The van der Waals surface area contributed by atoms with E-state index in [1.165, 1.54) is 16.2 Å². The number of nitrogen functional groups attached to an aromatic ring is 1. The molecular formula is C32H36N10O2S. The molecule has 6 heterocycles. The first-order chi connectivity index (χ1) is 21.8. The molecule has 3 aliphatic rings. The van der Waals surface area contributed by atoms with Crippen LogP contribution < -0.4 is 5.73 Å². The summed E-state index contributed by atoms with van der Waals surface area (Å²) in [6.07, 6.45) is 11.3. The van der Waals surface area contributed by atoms with E-state index in [0.29, 0.717) is 45.3 Å². The lowest BCUT2D eigenvalue weighted by Gasteiger charge is -2.39. The third-order valence-corrected chi connectivity index (χ3v) is 11.5. The number of nitriles is 1. The molecule has 0 saturated carbocycles. The number of fused-ring (bicyclic) bond motifs is 5. The Balaban J connectivity index is 1.32. The van der Waals surface area contributed by atoms with Gasteiger partial charge in [0.25, 0.3) is 0 Å². The zero-order valence-corrected chi connectivity index (χ0v) is 26.6. The van der Waals surface area contributed by atoms with Gasteiger partial charge in [-0.1, -0.05) is 5.16 Å². The summed E-state index contributed by atoms with van der Waals surface area (Å²) >= 11 is 1.54. The van der Waals surface area contributed by atoms with E-state index in [1.807, 2.05) is 24.0 Å². The summed E-state index contributed by atoms with van der Waals surface area (Å²) in [6, 6.07) is 2.83. The molecule has 2 aliphatic carbocycles. The number of likely N-dealkylation sites (tertiary alicyclic amines) is 1. The highest BCUT2D eigenvalue weighted by atomic mass is 32.1. The predicted molar refractivity (Wildman–Crippen MR) is 169 cm³/mol. The Kier molecular flexibility index (Phi) is 6.60. The Labute approximate surface area is 264 Å². The van der Waals surface area contributed by atoms with Gasteiger partial charge in [0.05, 0.1) is 40.9 Å². The lowest BCUT2D eigenvalue weighted by molar-refractivity contribution is 0.232. The van der Waals surface area contributed by atoms with Crippen LogP contribution in [0.15, 0.2) is 16.9 Å². The molecule has 3 N–H and O–H groups in total. The van der Waals surface area contributed by atoms with E-state index in [1.54, 1.807) is 4.68 Å². The molecule has 3 atom stereocenters. The molecule has 1 aliphatic heterocycles. The number of hydrogen-bond acceptors (Lipinski definition) is 11. The van der Waals surface area contributed by atoms with Crippen LogP contribution in [0.1, 0.15) is 90.1 Å². The Morgan fingerprint density at radius 1 is 1.24 bits per heavy atom. The molecule has 1 fully saturated rings. The van der Waals surface area contributed by atoms with Gasteiger partial charge in [-0.05, 0) is 89.9 Å². The fourth-order valence-corrected chi connectivity index (χ4v) is 9.34. The molecule has 1 saturated heterocycles. The number of aliphatic hydroxyl groups is 1. The normalized spacial score (nSPS) is 22.2. The first-order valence-corrected chi connectivity index (χ1v) is 16.6. The van der Waals surface area contributed by atoms with Crippen LogP contribution in [0, 0.1) is 18.3 Å². The molecule has 0 aromatic carbocycles. The van der Waals surface area contributed by atoms with Gasteiger partial charge in [0.15, 0.2) is 28.7 Å². The molecule has 3 unspecified atom stereocenters. The quantitative estimate of drug-likeness (QED) is 0.283. The zero-order valence-electron chi connectivity index (χ0n) is 25.7. The summed E-state index contributed by atoms with van der Waals surface area (Å²) in [4.78, 5) is 13.8. The van der Waals surface area contributed by atoms with Gasteiger partial charge in [-0.15, -0.1) is 11.3 Å². The van der Waals surface area contributed by atoms with Crippen LogP contribution in [-0.4, -0.2) is 64.3 Å². The van der Waals surface area contributed by atoms with E-state index < -0.39 is 5.41 Å². The second-order valence-electron chi connectivity index (χ2n) is 12.9. The number of aryl methyl sites for hydroxylation is 2. The van der Waals surface area contributed by atoms with E-state index in [-0.39, 0.29) is 12.6 Å². The standard InChI is InChI=1S/C32H36N10O2S/c1-17-15-41(38-22(17)16-43)30-21-14-35-42(18(2)23-8-6-12-40(23)3)31(21)37-29(36-30)26-19-7-4-10-32(27(19)44-39-26)11-5-9-24-25(32)20(13-33)28(34)45-24/h14-15,18,23,43H,4-12,16,34H2,1-3H3. The monoisotopic (exact) mass is 624 g/mol. The van der Waals surface area contributed by atoms with Crippen molar-refractivity contribution < 1.29 is 9.63 Å². The Bertz CT molecular complexity index is 1990. The molecule has 0 amide bonds. The van der Waals surface area contributed by atoms with Crippen molar-refractivity contribution in [3.05, 3.63) is 51.0 Å². The van der Waals surface area contributed by atoms with Gasteiger partial charge < -0.3 is 20.3 Å². The Morgan fingerprint density at radius 3 is 2.80 bits per heavy atom. The number of nitrogens with zero attached hydrogens (tertiary/aromatic N) is 9. The minimum Gasteiger partial charge on any atom is -0.390 e. The van der Waals surface area contributed by atoms with Crippen molar-refractivity contribution in [2.75, 3.05) is 19.3 Å². The summed E-state index contributed by atoms with van der Waals surface area (Å²) < 4.78 is 10.0. The van der Waals surface area contributed by atoms with Crippen molar-refractivity contribution in [1.82, 2.24) is 39.6 Å². The molecule has 8 rings (SSSR count). The minimum absolute atomic E-state index is 0.0848. The van der Waals surface area contributed by atoms with Crippen LogP contribution in [0.25, 0.3) is 28.4 Å². The van der Waals surface area contributed by atoms with Crippen molar-refractivity contribution in [2.45, 2.75) is 89.3 Å². The van der Waals surface area contributed by atoms with E-state index in [9.17, 15) is 10.4 Å². The van der Waals surface area contributed by atoms with E-state index in [4.69, 9.17) is 25.3 Å². The summed E-state index contributed by atoms with van der Waals surface area (Å²) in [5, 5.41) is 35.5. The summed E-state index contributed by atoms with van der Waals surface area (Å²) in [5.41, 5.74) is 11.3. The number of anilines is 1. The van der Waals surface area contributed by atoms with Crippen LogP contribution in [0.2, 0.25) is 0 Å². The smallest absolute Gasteiger partial charge is 0.186 e. The minimum atomic E-state index is -0.434. The predicted octanol–water partition coefficient (Wildman–Crippen LogP) is 4.60. The zero-order chi connectivity index (χ0) is 31.0. The summed E-state index contributed by atoms with van der Waals surface area (Å²) in [5.74, 6) is 1.85. The maximum atomic E-state index is 10.1. The van der Waals surface area contributed by atoms with Gasteiger partial charge in [-0.25, -0.2) is 19.3 Å². The van der Waals surface area contributed by atoms with E-state index >= 15 is 0 Å². The van der Waals surface area contributed by atoms with Gasteiger partial charge in [-0.2, -0.15) is 15.5 Å². The van der Waals surface area contributed by atoms with Gasteiger partial charge in [-0.3, -0.25) is 0 Å². The lowest BCUT2D eigenvalue weighted by atomic mass is 9.63. The Hall–Kier alpha value is -4.12. The number of aromatic nitrogens is 7. The molecule has 0 bridgehead atoms. The number of rotatable bonds is 5. The van der Waals surface area contributed by atoms with Crippen molar-refractivity contribution >= 4 is 27.4 Å². The maximum Gasteiger partial charge on any atom is 0.186 e. The topological polar surface area (TPSA) is 161 Å². The van der Waals surface area contributed by atoms with Crippen LogP contribution in [0.5, 0.6) is 0 Å². The molecule has 12 nitrogen and oxygen atoms in total. The van der Waals surface area contributed by atoms with Crippen LogP contribution >= 0.6 is 11.3 Å². The molecular weight excluding hydrogens is 588 g/mol. The second kappa shape index (κ2) is 10.5. The van der Waals surface area contributed by atoms with E-state index in [0.717, 1.165) is 85.7 Å². The lowest BCUT2D eigenvalue weighted by Crippen LogP contribution is -2.35. The molecule has 1 spiro atoms. The highest BCUT2D eigenvalue weighted by Crippen LogP contribution is 2.55. The number of thiophene rings is 1. The van der Waals surface area contributed by atoms with Gasteiger partial charge in [0, 0.05) is 22.7 Å². The molecule has 45 heavy (non-hydrogen) atoms. The largest absolute Gasteiger partial charge is 0.390 e. The van der Waals surface area contributed by atoms with Crippen LogP contribution in [0.3, 0.4) is 0 Å². The highest BCUT2D eigenvalue weighted by molar-refractivity contribution is 7.16. The van der Waals surface area contributed by atoms with Gasteiger partial charge in [0.1, 0.15) is 11.1 Å². The summed E-state index contributed by atoms with van der Waals surface area (Å²) in [6.45, 7) is 5.02. The van der Waals surface area contributed by atoms with E-state index in [2.05, 4.69) is 35.2 Å². The molecule has 0 radical (unpaired) electrons. The van der Waals surface area contributed by atoms with Gasteiger partial charge in [0.2, 0.25) is 0 Å². The number of nitrogens with two attached hydrogens (primary N) is 1. The molecule has 13 heteroatoms. The van der Waals surface area contributed by atoms with Crippen molar-refractivity contribution in [3.8, 4) is 23.4 Å². The average molecular weight is 625 g/mol. The first kappa shape index (κ1) is 28.4. The maximum absolute atomic E-state index is 10.1. The fourth-order valence-electron chi connectivity index (χ4n) is 8.18. The number of likely N-dealkylation sites (N-methyl/N-ethyl adjacent to an activating group) is 1. The third-order valence-electron chi connectivity index (χ3n) is 10.4. The van der Waals surface area contributed by atoms with Gasteiger partial charge >= 0.3 is 0 Å². The molecule has 232 valence electrons. The van der Waals surface area contributed by atoms with Crippen molar-refractivity contribution in [2.24, 2.45) is 0 Å². The fraction of sp³-hybridized carbons (Fsp3) is 0.500. The van der Waals surface area contributed by atoms with Crippen LogP contribution in [0.4, 0.5) is 5.00 Å². The first-order valence-electron chi connectivity index (χ1n) is 15.8.